The van der Waals surface area contributed by atoms with Gasteiger partial charge in [-0.25, -0.2) is 9.37 Å². The highest BCUT2D eigenvalue weighted by atomic mass is 19.1. The molecule has 0 aliphatic heterocycles. The second kappa shape index (κ2) is 3.17. The second-order valence-electron chi connectivity index (χ2n) is 1.54. The summed E-state index contributed by atoms with van der Waals surface area (Å²) in [7, 11) is 0.486. The number of nitrogens with zero attached hydrogens (tertiary/aromatic N) is 1. The highest BCUT2D eigenvalue weighted by Gasteiger charge is 1.94. The fourth-order valence-electron chi connectivity index (χ4n) is 0.486. The van der Waals surface area contributed by atoms with Crippen LogP contribution in [0.2, 0.25) is 0 Å². The summed E-state index contributed by atoms with van der Waals surface area (Å²) in [5, 5.41) is 8.11. The van der Waals surface area contributed by atoms with Crippen molar-refractivity contribution < 1.29 is 14.1 Å². The number of hydrogen-bond donors (Lipinski definition) is 1. The van der Waals surface area contributed by atoms with Crippen molar-refractivity contribution in [3.63, 3.8) is 0 Å². The van der Waals surface area contributed by atoms with E-state index >= 15 is 0 Å². The molecule has 1 N–H and O–H groups in total. The summed E-state index contributed by atoms with van der Waals surface area (Å²) in [6.45, 7) is 0. The maximum absolute atomic E-state index is 12.1. The van der Waals surface area contributed by atoms with Crippen molar-refractivity contribution >= 4 is 7.69 Å². The van der Waals surface area contributed by atoms with Gasteiger partial charge in [0.05, 0.1) is 6.20 Å². The fraction of sp³-hybridized carbons (Fsp3) is 0. The Bertz CT molecular complexity index is 203. The molecule has 51 valence electrons. The van der Waals surface area contributed by atoms with Gasteiger partial charge in [0.1, 0.15) is 5.82 Å². The molecule has 0 atom stereocenters. The first-order valence-electron chi connectivity index (χ1n) is 2.57. The highest BCUT2D eigenvalue weighted by molar-refractivity contribution is 6.17. The zero-order valence-corrected chi connectivity index (χ0v) is 4.99. The van der Waals surface area contributed by atoms with E-state index < -0.39 is 5.82 Å². The summed E-state index contributed by atoms with van der Waals surface area (Å²) >= 11 is 0. The van der Waals surface area contributed by atoms with Crippen LogP contribution in [0.5, 0.6) is 5.88 Å². The van der Waals surface area contributed by atoms with Crippen LogP contribution in [0.15, 0.2) is 18.3 Å². The molecule has 0 aliphatic rings. The lowest BCUT2D eigenvalue weighted by Gasteiger charge is -1.96. The zero-order valence-electron chi connectivity index (χ0n) is 4.99. The first-order valence-corrected chi connectivity index (χ1v) is 2.57. The number of pyridine rings is 1. The number of hydrogen-bond acceptors (Lipinski definition) is 3. The van der Waals surface area contributed by atoms with E-state index in [4.69, 9.17) is 5.02 Å². The third-order valence-electron chi connectivity index (χ3n) is 0.874. The van der Waals surface area contributed by atoms with Gasteiger partial charge in [0, 0.05) is 6.07 Å². The van der Waals surface area contributed by atoms with Gasteiger partial charge in [-0.05, 0) is 6.07 Å². The van der Waals surface area contributed by atoms with Gasteiger partial charge in [-0.1, -0.05) is 0 Å². The molecule has 0 spiro atoms. The molecule has 1 aromatic heterocycles. The molecule has 0 aromatic carbocycles. The molecule has 0 saturated heterocycles. The zero-order chi connectivity index (χ0) is 7.40. The van der Waals surface area contributed by atoms with Gasteiger partial charge in [0.2, 0.25) is 0 Å². The first kappa shape index (κ1) is 7.02. The van der Waals surface area contributed by atoms with E-state index in [1.165, 1.54) is 12.1 Å². The van der Waals surface area contributed by atoms with Crippen LogP contribution in [-0.2, 0) is 0 Å². The van der Waals surface area contributed by atoms with Crippen LogP contribution in [0.1, 0.15) is 0 Å². The van der Waals surface area contributed by atoms with Gasteiger partial charge in [-0.2, -0.15) is 0 Å². The highest BCUT2D eigenvalue weighted by Crippen LogP contribution is 2.04. The number of aromatic nitrogens is 1. The molecule has 1 heterocycles. The lowest BCUT2D eigenvalue weighted by molar-refractivity contribution is 0.441. The lowest BCUT2D eigenvalue weighted by Crippen LogP contribution is -2.01. The van der Waals surface area contributed by atoms with E-state index in [-0.39, 0.29) is 5.88 Å². The van der Waals surface area contributed by atoms with Crippen molar-refractivity contribution in [3.8, 4) is 5.88 Å². The van der Waals surface area contributed by atoms with Gasteiger partial charge < -0.3 is 9.68 Å². The predicted molar refractivity (Wildman–Crippen MR) is 32.8 cm³/mol. The van der Waals surface area contributed by atoms with E-state index in [1.807, 2.05) is 0 Å². The lowest BCUT2D eigenvalue weighted by atomic mass is 10.4. The SMILES string of the molecule is O[B]Oc1ccc(F)cn1. The number of rotatable bonds is 2. The molecule has 1 aromatic rings. The monoisotopic (exact) mass is 140 g/mol. The first-order chi connectivity index (χ1) is 4.83. The van der Waals surface area contributed by atoms with E-state index in [2.05, 4.69) is 9.64 Å². The minimum atomic E-state index is -0.440. The molecule has 0 amide bonds. The Morgan fingerprint density at radius 2 is 2.40 bits per heavy atom. The normalized spacial score (nSPS) is 9.00. The molecule has 1 rings (SSSR count). The smallest absolute Gasteiger partial charge is 0.523 e. The summed E-state index contributed by atoms with van der Waals surface area (Å²) in [6.07, 6.45) is 0.999. The van der Waals surface area contributed by atoms with Gasteiger partial charge in [0.15, 0.2) is 5.88 Å². The number of halogens is 1. The van der Waals surface area contributed by atoms with Crippen molar-refractivity contribution in [2.75, 3.05) is 0 Å². The van der Waals surface area contributed by atoms with Crippen LogP contribution in [0.4, 0.5) is 4.39 Å². The molecule has 0 unspecified atom stereocenters. The van der Waals surface area contributed by atoms with E-state index in [0.29, 0.717) is 7.69 Å². The van der Waals surface area contributed by atoms with E-state index in [0.717, 1.165) is 6.20 Å². The Morgan fingerprint density at radius 1 is 1.60 bits per heavy atom. The standard InChI is InChI=1S/C5H4BFNO2/c7-4-1-2-5(8-3-4)10-6-9/h1-3,9H. The molecule has 3 nitrogen and oxygen atoms in total. The summed E-state index contributed by atoms with van der Waals surface area (Å²) in [6, 6.07) is 2.49. The van der Waals surface area contributed by atoms with Crippen LogP contribution in [0.3, 0.4) is 0 Å². The summed E-state index contributed by atoms with van der Waals surface area (Å²) in [5.74, 6) is -0.283. The van der Waals surface area contributed by atoms with E-state index in [1.54, 1.807) is 0 Å². The predicted octanol–water partition coefficient (Wildman–Crippen LogP) is 0.126. The maximum atomic E-state index is 12.1. The van der Waals surface area contributed by atoms with Gasteiger partial charge in [0.25, 0.3) is 0 Å². The maximum Gasteiger partial charge on any atom is 0.570 e. The molecule has 1 radical (unpaired) electrons. The topological polar surface area (TPSA) is 42.4 Å². The molecule has 0 bridgehead atoms. The second-order valence-corrected chi connectivity index (χ2v) is 1.54. The van der Waals surface area contributed by atoms with Gasteiger partial charge in [-0.15, -0.1) is 0 Å². The van der Waals surface area contributed by atoms with Crippen LogP contribution < -0.4 is 4.65 Å². The molecule has 0 fully saturated rings. The molecule has 0 saturated carbocycles. The van der Waals surface area contributed by atoms with Crippen molar-refractivity contribution in [3.05, 3.63) is 24.1 Å². The average Bonchev–Trinajstić information content (AvgIpc) is 1.95. The quantitative estimate of drug-likeness (QED) is 0.593. The Hall–Kier alpha value is -1.10. The Morgan fingerprint density at radius 3 is 2.90 bits per heavy atom. The third-order valence-corrected chi connectivity index (χ3v) is 0.874. The fourth-order valence-corrected chi connectivity index (χ4v) is 0.486. The molecular formula is C5H4BFNO2. The summed E-state index contributed by atoms with van der Waals surface area (Å²) in [4.78, 5) is 3.48. The third kappa shape index (κ3) is 1.70. The van der Waals surface area contributed by atoms with Crippen molar-refractivity contribution in [2.24, 2.45) is 0 Å². The van der Waals surface area contributed by atoms with Crippen molar-refractivity contribution in [1.29, 1.82) is 0 Å². The van der Waals surface area contributed by atoms with Crippen LogP contribution in [0, 0.1) is 5.82 Å². The summed E-state index contributed by atoms with van der Waals surface area (Å²) in [5.41, 5.74) is 0. The van der Waals surface area contributed by atoms with Crippen LogP contribution in [0.25, 0.3) is 0 Å². The van der Waals surface area contributed by atoms with Gasteiger partial charge in [-0.3, -0.25) is 0 Å². The van der Waals surface area contributed by atoms with Crippen molar-refractivity contribution in [2.45, 2.75) is 0 Å². The van der Waals surface area contributed by atoms with E-state index in [9.17, 15) is 4.39 Å². The van der Waals surface area contributed by atoms with Crippen LogP contribution >= 0.6 is 0 Å². The van der Waals surface area contributed by atoms with Gasteiger partial charge >= 0.3 is 7.69 Å². The largest absolute Gasteiger partial charge is 0.570 e. The Balaban J connectivity index is 2.69. The summed E-state index contributed by atoms with van der Waals surface area (Å²) < 4.78 is 16.5. The average molecular weight is 140 g/mol. The minimum Gasteiger partial charge on any atom is -0.523 e. The van der Waals surface area contributed by atoms with Crippen LogP contribution in [-0.4, -0.2) is 17.7 Å². The Labute approximate surface area is 57.8 Å². The minimum absolute atomic E-state index is 0.156. The molecule has 5 heteroatoms. The van der Waals surface area contributed by atoms with Crippen molar-refractivity contribution in [1.82, 2.24) is 4.98 Å². The Kier molecular flexibility index (Phi) is 2.22. The molecule has 10 heavy (non-hydrogen) atoms. The molecular weight excluding hydrogens is 136 g/mol. The molecule has 0 aliphatic carbocycles.